The van der Waals surface area contributed by atoms with Crippen LogP contribution in [0.4, 0.5) is 10.1 Å². The van der Waals surface area contributed by atoms with Gasteiger partial charge < -0.3 is 10.4 Å². The molecule has 22 heavy (non-hydrogen) atoms. The molecule has 116 valence electrons. The molecule has 1 aromatic heterocycles. The van der Waals surface area contributed by atoms with E-state index in [4.69, 9.17) is 5.11 Å². The highest BCUT2D eigenvalue weighted by Crippen LogP contribution is 2.32. The Balaban J connectivity index is 2.11. The Morgan fingerprint density at radius 3 is 2.55 bits per heavy atom. The van der Waals surface area contributed by atoms with Crippen molar-refractivity contribution in [2.45, 2.75) is 13.0 Å². The Morgan fingerprint density at radius 1 is 1.32 bits per heavy atom. The largest absolute Gasteiger partial charge is 0.481 e. The molecule has 1 amide bonds. The Labute approximate surface area is 141 Å². The molecule has 0 saturated heterocycles. The molecule has 9 heteroatoms. The van der Waals surface area contributed by atoms with Crippen LogP contribution in [0, 0.1) is 5.82 Å². The maximum atomic E-state index is 13.2. The maximum Gasteiger partial charge on any atom is 0.305 e. The van der Waals surface area contributed by atoms with Gasteiger partial charge in [-0.3, -0.25) is 14.3 Å². The Kier molecular flexibility index (Phi) is 5.30. The first kappa shape index (κ1) is 16.6. The van der Waals surface area contributed by atoms with E-state index in [0.29, 0.717) is 14.6 Å². The highest BCUT2D eigenvalue weighted by atomic mass is 79.9. The van der Waals surface area contributed by atoms with Gasteiger partial charge in [0.2, 0.25) is 0 Å². The van der Waals surface area contributed by atoms with Crippen molar-refractivity contribution in [3.05, 3.63) is 44.9 Å². The van der Waals surface area contributed by atoms with Crippen molar-refractivity contribution in [1.82, 2.24) is 9.78 Å². The first-order valence-corrected chi connectivity index (χ1v) is 7.66. The fourth-order valence-corrected chi connectivity index (χ4v) is 2.99. The molecule has 2 rings (SSSR count). The van der Waals surface area contributed by atoms with Crippen LogP contribution in [0.25, 0.3) is 0 Å². The Bertz CT molecular complexity index is 710. The standard InChI is InChI=1S/C13H10Br2FN3O3/c14-8-5-7(16)6-9(15)12(8)17-13(22)10-1-3-19(18-10)4-2-11(20)21/h1,3,5-6H,2,4H2,(H,17,22)(H,20,21). The zero-order chi connectivity index (χ0) is 16.3. The minimum Gasteiger partial charge on any atom is -0.481 e. The second kappa shape index (κ2) is 7.01. The number of carbonyl (C=O) groups excluding carboxylic acids is 1. The van der Waals surface area contributed by atoms with E-state index in [1.165, 1.54) is 29.1 Å². The van der Waals surface area contributed by atoms with Gasteiger partial charge in [-0.25, -0.2) is 4.39 Å². The lowest BCUT2D eigenvalue weighted by molar-refractivity contribution is -0.137. The first-order valence-electron chi connectivity index (χ1n) is 6.08. The summed E-state index contributed by atoms with van der Waals surface area (Å²) in [5.41, 5.74) is 0.514. The lowest BCUT2D eigenvalue weighted by atomic mass is 10.3. The molecule has 1 heterocycles. The van der Waals surface area contributed by atoms with Crippen molar-refractivity contribution in [3.8, 4) is 0 Å². The van der Waals surface area contributed by atoms with E-state index < -0.39 is 17.7 Å². The quantitative estimate of drug-likeness (QED) is 0.756. The number of amides is 1. The van der Waals surface area contributed by atoms with Crippen molar-refractivity contribution >= 4 is 49.4 Å². The number of hydrogen-bond acceptors (Lipinski definition) is 3. The topological polar surface area (TPSA) is 84.2 Å². The van der Waals surface area contributed by atoms with Crippen LogP contribution in [0.15, 0.2) is 33.3 Å². The molecule has 0 spiro atoms. The SMILES string of the molecule is O=C(O)CCn1ccc(C(=O)Nc2c(Br)cc(F)cc2Br)n1. The van der Waals surface area contributed by atoms with Crippen molar-refractivity contribution in [3.63, 3.8) is 0 Å². The van der Waals surface area contributed by atoms with Crippen LogP contribution in [0.5, 0.6) is 0 Å². The van der Waals surface area contributed by atoms with Crippen LogP contribution >= 0.6 is 31.9 Å². The molecule has 1 aromatic carbocycles. The van der Waals surface area contributed by atoms with Gasteiger partial charge in [0.05, 0.1) is 18.7 Å². The third-order valence-corrected chi connectivity index (χ3v) is 3.92. The molecular weight excluding hydrogens is 425 g/mol. The molecule has 2 aromatic rings. The first-order chi connectivity index (χ1) is 10.4. The molecule has 0 unspecified atom stereocenters. The van der Waals surface area contributed by atoms with Crippen LogP contribution in [0.3, 0.4) is 0 Å². The van der Waals surface area contributed by atoms with Crippen molar-refractivity contribution in [1.29, 1.82) is 0 Å². The minimum absolute atomic E-state index is 0.0855. The number of aliphatic carboxylic acids is 1. The lowest BCUT2D eigenvalue weighted by Crippen LogP contribution is -2.14. The fraction of sp³-hybridized carbons (Fsp3) is 0.154. The Morgan fingerprint density at radius 2 is 1.95 bits per heavy atom. The van der Waals surface area contributed by atoms with Crippen molar-refractivity contribution < 1.29 is 19.1 Å². The summed E-state index contributed by atoms with van der Waals surface area (Å²) in [7, 11) is 0. The number of nitrogens with one attached hydrogen (secondary N) is 1. The van der Waals surface area contributed by atoms with Gasteiger partial charge in [-0.05, 0) is 50.1 Å². The van der Waals surface area contributed by atoms with Gasteiger partial charge in [0.15, 0.2) is 5.69 Å². The van der Waals surface area contributed by atoms with E-state index in [1.54, 1.807) is 0 Å². The average Bonchev–Trinajstić information content (AvgIpc) is 2.89. The van der Waals surface area contributed by atoms with Crippen LogP contribution in [-0.2, 0) is 11.3 Å². The number of rotatable bonds is 5. The summed E-state index contributed by atoms with van der Waals surface area (Å²) < 4.78 is 15.3. The van der Waals surface area contributed by atoms with Gasteiger partial charge >= 0.3 is 5.97 Å². The van der Waals surface area contributed by atoms with Gasteiger partial charge in [-0.1, -0.05) is 0 Å². The molecule has 0 saturated carbocycles. The molecule has 2 N–H and O–H groups in total. The molecule has 0 atom stereocenters. The van der Waals surface area contributed by atoms with Gasteiger partial charge in [-0.15, -0.1) is 0 Å². The zero-order valence-corrected chi connectivity index (χ0v) is 14.2. The van der Waals surface area contributed by atoms with E-state index in [-0.39, 0.29) is 18.7 Å². The predicted octanol–water partition coefficient (Wildman–Crippen LogP) is 3.27. The maximum absolute atomic E-state index is 13.2. The summed E-state index contributed by atoms with van der Waals surface area (Å²) in [6.45, 7) is 0.173. The highest BCUT2D eigenvalue weighted by Gasteiger charge is 2.15. The number of hydrogen-bond donors (Lipinski definition) is 2. The van der Waals surface area contributed by atoms with Gasteiger partial charge in [0, 0.05) is 15.1 Å². The number of carbonyl (C=O) groups is 2. The number of nitrogens with zero attached hydrogens (tertiary/aromatic N) is 2. The summed E-state index contributed by atoms with van der Waals surface area (Å²) in [6.07, 6.45) is 1.43. The smallest absolute Gasteiger partial charge is 0.305 e. The lowest BCUT2D eigenvalue weighted by Gasteiger charge is -2.08. The van der Waals surface area contributed by atoms with Crippen molar-refractivity contribution in [2.75, 3.05) is 5.32 Å². The second-order valence-corrected chi connectivity index (χ2v) is 6.02. The summed E-state index contributed by atoms with van der Waals surface area (Å²) in [5, 5.41) is 15.2. The highest BCUT2D eigenvalue weighted by molar-refractivity contribution is 9.11. The molecule has 0 aliphatic carbocycles. The predicted molar refractivity (Wildman–Crippen MR) is 84.2 cm³/mol. The van der Waals surface area contributed by atoms with Gasteiger partial charge in [-0.2, -0.15) is 5.10 Å². The molecule has 0 bridgehead atoms. The van der Waals surface area contributed by atoms with E-state index in [0.717, 1.165) is 0 Å². The fourth-order valence-electron chi connectivity index (χ4n) is 1.66. The molecular formula is C13H10Br2FN3O3. The summed E-state index contributed by atoms with van der Waals surface area (Å²) in [5.74, 6) is -1.88. The molecule has 0 aliphatic rings. The molecule has 6 nitrogen and oxygen atoms in total. The second-order valence-electron chi connectivity index (χ2n) is 4.31. The third kappa shape index (κ3) is 4.14. The number of aryl methyl sites for hydroxylation is 1. The van der Waals surface area contributed by atoms with E-state index in [1.807, 2.05) is 0 Å². The Hall–Kier alpha value is -1.74. The average molecular weight is 435 g/mol. The number of anilines is 1. The molecule has 0 radical (unpaired) electrons. The summed E-state index contributed by atoms with van der Waals surface area (Å²) >= 11 is 6.34. The number of aromatic nitrogens is 2. The number of carboxylic acids is 1. The third-order valence-electron chi connectivity index (χ3n) is 2.67. The van der Waals surface area contributed by atoms with E-state index >= 15 is 0 Å². The minimum atomic E-state index is -0.944. The van der Waals surface area contributed by atoms with Crippen LogP contribution in [-0.4, -0.2) is 26.8 Å². The van der Waals surface area contributed by atoms with Crippen molar-refractivity contribution in [2.24, 2.45) is 0 Å². The van der Waals surface area contributed by atoms with E-state index in [9.17, 15) is 14.0 Å². The van der Waals surface area contributed by atoms with Gasteiger partial charge in [0.1, 0.15) is 5.82 Å². The normalized spacial score (nSPS) is 10.5. The summed E-state index contributed by atoms with van der Waals surface area (Å²) in [6, 6.07) is 3.93. The summed E-state index contributed by atoms with van der Waals surface area (Å²) in [4.78, 5) is 22.6. The van der Waals surface area contributed by atoms with E-state index in [2.05, 4.69) is 42.3 Å². The zero-order valence-electron chi connectivity index (χ0n) is 11.0. The number of halogens is 3. The van der Waals surface area contributed by atoms with Gasteiger partial charge in [0.25, 0.3) is 5.91 Å². The van der Waals surface area contributed by atoms with Crippen LogP contribution in [0.2, 0.25) is 0 Å². The number of benzene rings is 1. The number of carboxylic acid groups (broad SMARTS) is 1. The monoisotopic (exact) mass is 433 g/mol. The van der Waals surface area contributed by atoms with Crippen LogP contribution < -0.4 is 5.32 Å². The van der Waals surface area contributed by atoms with Crippen LogP contribution in [0.1, 0.15) is 16.9 Å². The molecule has 0 aliphatic heterocycles. The molecule has 0 fully saturated rings.